The summed E-state index contributed by atoms with van der Waals surface area (Å²) in [6, 6.07) is 18.8. The SMILES string of the molecule is COc1ccc(Nc2nc(C[NH+]3CC[NH+](Cc4ccccc4)CC3)cs2)cc1. The monoisotopic (exact) mass is 396 g/mol. The number of benzene rings is 2. The van der Waals surface area contributed by atoms with Gasteiger partial charge in [-0.1, -0.05) is 30.3 Å². The van der Waals surface area contributed by atoms with Crippen molar-refractivity contribution in [1.82, 2.24) is 4.98 Å². The lowest BCUT2D eigenvalue weighted by molar-refractivity contribution is -1.02. The van der Waals surface area contributed by atoms with E-state index in [4.69, 9.17) is 9.72 Å². The minimum atomic E-state index is 0.863. The molecule has 1 aliphatic rings. The van der Waals surface area contributed by atoms with Gasteiger partial charge in [0, 0.05) is 16.6 Å². The summed E-state index contributed by atoms with van der Waals surface area (Å²) in [7, 11) is 1.68. The third-order valence-corrected chi connectivity index (χ3v) is 6.09. The smallest absolute Gasteiger partial charge is 0.187 e. The molecular weight excluding hydrogens is 368 g/mol. The normalized spacial score (nSPS) is 19.3. The second-order valence-corrected chi connectivity index (χ2v) is 8.19. The van der Waals surface area contributed by atoms with Crippen molar-refractivity contribution >= 4 is 22.2 Å². The number of piperazine rings is 1. The van der Waals surface area contributed by atoms with Gasteiger partial charge in [-0.05, 0) is 24.3 Å². The van der Waals surface area contributed by atoms with E-state index in [1.165, 1.54) is 37.4 Å². The number of hydrogen-bond donors (Lipinski definition) is 3. The molecule has 3 N–H and O–H groups in total. The first-order valence-electron chi connectivity index (χ1n) is 9.85. The summed E-state index contributed by atoms with van der Waals surface area (Å²) in [6.07, 6.45) is 0. The van der Waals surface area contributed by atoms with Crippen LogP contribution in [-0.4, -0.2) is 38.3 Å². The molecule has 0 saturated carbocycles. The van der Waals surface area contributed by atoms with Crippen LogP contribution in [0.15, 0.2) is 60.0 Å². The van der Waals surface area contributed by atoms with Crippen LogP contribution in [0, 0.1) is 0 Å². The largest absolute Gasteiger partial charge is 0.497 e. The van der Waals surface area contributed by atoms with Crippen LogP contribution >= 0.6 is 11.3 Å². The molecule has 6 heteroatoms. The van der Waals surface area contributed by atoms with Gasteiger partial charge in [-0.25, -0.2) is 4.98 Å². The molecule has 1 saturated heterocycles. The zero-order chi connectivity index (χ0) is 19.2. The molecule has 5 nitrogen and oxygen atoms in total. The molecule has 2 heterocycles. The molecule has 2 aromatic carbocycles. The van der Waals surface area contributed by atoms with Gasteiger partial charge >= 0.3 is 0 Å². The maximum atomic E-state index is 5.20. The molecule has 0 aliphatic carbocycles. The van der Waals surface area contributed by atoms with Gasteiger partial charge < -0.3 is 19.9 Å². The number of hydrogen-bond acceptors (Lipinski definition) is 4. The van der Waals surface area contributed by atoms with Crippen molar-refractivity contribution in [3.05, 3.63) is 71.2 Å². The van der Waals surface area contributed by atoms with Crippen LogP contribution in [0.25, 0.3) is 0 Å². The molecule has 146 valence electrons. The Morgan fingerprint density at radius 1 is 0.929 bits per heavy atom. The minimum Gasteiger partial charge on any atom is -0.497 e. The molecule has 1 fully saturated rings. The van der Waals surface area contributed by atoms with E-state index < -0.39 is 0 Å². The standard InChI is InChI=1S/C22H26N4OS/c1-27-21-9-7-19(8-10-21)23-22-24-20(17-28-22)16-26-13-11-25(12-14-26)15-18-5-3-2-4-6-18/h2-10,17H,11-16H2,1H3,(H,23,24)/p+2. The van der Waals surface area contributed by atoms with Crippen LogP contribution in [0.1, 0.15) is 11.3 Å². The van der Waals surface area contributed by atoms with Crippen molar-refractivity contribution in [1.29, 1.82) is 0 Å². The Morgan fingerprint density at radius 3 is 2.29 bits per heavy atom. The van der Waals surface area contributed by atoms with Crippen LogP contribution in [-0.2, 0) is 13.1 Å². The molecule has 0 radical (unpaired) electrons. The van der Waals surface area contributed by atoms with Crippen LogP contribution in [0.2, 0.25) is 0 Å². The van der Waals surface area contributed by atoms with Gasteiger partial charge in [0.2, 0.25) is 0 Å². The zero-order valence-corrected chi connectivity index (χ0v) is 17.1. The van der Waals surface area contributed by atoms with Crippen LogP contribution in [0.5, 0.6) is 5.75 Å². The number of nitrogens with zero attached hydrogens (tertiary/aromatic N) is 1. The van der Waals surface area contributed by atoms with E-state index in [9.17, 15) is 0 Å². The fraction of sp³-hybridized carbons (Fsp3) is 0.318. The third kappa shape index (κ3) is 5.10. The van der Waals surface area contributed by atoms with Crippen molar-refractivity contribution in [3.8, 4) is 5.75 Å². The van der Waals surface area contributed by atoms with E-state index >= 15 is 0 Å². The molecule has 4 rings (SSSR count). The Hall–Kier alpha value is -2.41. The molecule has 3 aromatic rings. The van der Waals surface area contributed by atoms with Gasteiger partial charge in [0.15, 0.2) is 5.13 Å². The fourth-order valence-electron chi connectivity index (χ4n) is 3.69. The Labute approximate surface area is 170 Å². The third-order valence-electron chi connectivity index (χ3n) is 5.29. The Kier molecular flexibility index (Phi) is 6.21. The highest BCUT2D eigenvalue weighted by Gasteiger charge is 2.23. The second-order valence-electron chi connectivity index (χ2n) is 7.34. The summed E-state index contributed by atoms with van der Waals surface area (Å²) in [5.41, 5.74) is 3.66. The van der Waals surface area contributed by atoms with E-state index in [0.717, 1.165) is 29.7 Å². The average molecular weight is 397 g/mol. The number of rotatable bonds is 7. The van der Waals surface area contributed by atoms with Gasteiger partial charge in [0.25, 0.3) is 0 Å². The number of methoxy groups -OCH3 is 1. The lowest BCUT2D eigenvalue weighted by Gasteiger charge is -2.29. The summed E-state index contributed by atoms with van der Waals surface area (Å²) in [4.78, 5) is 8.10. The van der Waals surface area contributed by atoms with E-state index in [2.05, 4.69) is 41.0 Å². The van der Waals surface area contributed by atoms with Crippen molar-refractivity contribution in [2.45, 2.75) is 13.1 Å². The molecule has 0 spiro atoms. The van der Waals surface area contributed by atoms with Gasteiger partial charge in [-0.3, -0.25) is 0 Å². The molecule has 0 atom stereocenters. The molecule has 1 aliphatic heterocycles. The van der Waals surface area contributed by atoms with Crippen molar-refractivity contribution in [3.63, 3.8) is 0 Å². The number of nitrogens with one attached hydrogen (secondary N) is 3. The number of quaternary nitrogens is 2. The van der Waals surface area contributed by atoms with Crippen LogP contribution in [0.4, 0.5) is 10.8 Å². The van der Waals surface area contributed by atoms with Crippen molar-refractivity contribution in [2.24, 2.45) is 0 Å². The average Bonchev–Trinajstić information content (AvgIpc) is 3.17. The van der Waals surface area contributed by atoms with Gasteiger partial charge in [-0.2, -0.15) is 0 Å². The summed E-state index contributed by atoms with van der Waals surface area (Å²) in [6.45, 7) is 7.03. The van der Waals surface area contributed by atoms with E-state index in [1.54, 1.807) is 28.2 Å². The number of anilines is 2. The molecule has 0 unspecified atom stereocenters. The van der Waals surface area contributed by atoms with E-state index in [1.807, 2.05) is 24.3 Å². The summed E-state index contributed by atoms with van der Waals surface area (Å²) >= 11 is 1.67. The Balaban J connectivity index is 1.25. The Bertz CT molecular complexity index is 858. The van der Waals surface area contributed by atoms with Crippen LogP contribution < -0.4 is 19.9 Å². The van der Waals surface area contributed by atoms with Crippen molar-refractivity contribution < 1.29 is 14.5 Å². The predicted octanol–water partition coefficient (Wildman–Crippen LogP) is 1.38. The quantitative estimate of drug-likeness (QED) is 0.565. The number of thiazole rings is 1. The highest BCUT2D eigenvalue weighted by molar-refractivity contribution is 7.13. The van der Waals surface area contributed by atoms with E-state index in [-0.39, 0.29) is 0 Å². The zero-order valence-electron chi connectivity index (χ0n) is 16.3. The van der Waals surface area contributed by atoms with Gasteiger partial charge in [-0.15, -0.1) is 11.3 Å². The lowest BCUT2D eigenvalue weighted by Crippen LogP contribution is -3.27. The minimum absolute atomic E-state index is 0.863. The summed E-state index contributed by atoms with van der Waals surface area (Å²) < 4.78 is 5.20. The van der Waals surface area contributed by atoms with Gasteiger partial charge in [0.1, 0.15) is 50.7 Å². The molecule has 28 heavy (non-hydrogen) atoms. The first-order valence-corrected chi connectivity index (χ1v) is 10.7. The maximum Gasteiger partial charge on any atom is 0.187 e. The fourth-order valence-corrected chi connectivity index (χ4v) is 4.43. The molecule has 0 amide bonds. The molecule has 1 aromatic heterocycles. The van der Waals surface area contributed by atoms with Gasteiger partial charge in [0.05, 0.1) is 7.11 Å². The second kappa shape index (κ2) is 9.19. The number of aromatic nitrogens is 1. The maximum absolute atomic E-state index is 5.20. The Morgan fingerprint density at radius 2 is 1.61 bits per heavy atom. The summed E-state index contributed by atoms with van der Waals surface area (Å²) in [5.74, 6) is 0.863. The predicted molar refractivity (Wildman–Crippen MR) is 114 cm³/mol. The molecule has 0 bridgehead atoms. The lowest BCUT2D eigenvalue weighted by atomic mass is 10.2. The van der Waals surface area contributed by atoms with Crippen molar-refractivity contribution in [2.75, 3.05) is 38.6 Å². The van der Waals surface area contributed by atoms with E-state index in [0.29, 0.717) is 0 Å². The summed E-state index contributed by atoms with van der Waals surface area (Å²) in [5, 5.41) is 6.52. The highest BCUT2D eigenvalue weighted by atomic mass is 32.1. The number of ether oxygens (including phenoxy) is 1. The first kappa shape index (κ1) is 18.9. The highest BCUT2D eigenvalue weighted by Crippen LogP contribution is 2.22. The van der Waals surface area contributed by atoms with Crippen LogP contribution in [0.3, 0.4) is 0 Å². The first-order chi connectivity index (χ1) is 13.8. The topological polar surface area (TPSA) is 43.0 Å². The molecular formula is C22H28N4OS+2.